The second-order valence-electron chi connectivity index (χ2n) is 7.71. The van der Waals surface area contributed by atoms with Crippen LogP contribution < -0.4 is 15.5 Å². The van der Waals surface area contributed by atoms with Crippen LogP contribution in [0.5, 0.6) is 0 Å². The average molecular weight is 518 g/mol. The van der Waals surface area contributed by atoms with Crippen molar-refractivity contribution in [1.82, 2.24) is 20.0 Å². The van der Waals surface area contributed by atoms with Gasteiger partial charge in [-0.05, 0) is 56.5 Å². The lowest BCUT2D eigenvalue weighted by Crippen LogP contribution is -2.38. The predicted octanol–water partition coefficient (Wildman–Crippen LogP) is 4.29. The molecule has 1 saturated heterocycles. The summed E-state index contributed by atoms with van der Waals surface area (Å²) >= 11 is 0. The predicted molar refractivity (Wildman–Crippen MR) is 135 cm³/mol. The van der Waals surface area contributed by atoms with Crippen molar-refractivity contribution in [1.29, 1.82) is 0 Å². The lowest BCUT2D eigenvalue weighted by molar-refractivity contribution is 0.683. The Balaban J connectivity index is 0.00000256. The molecule has 0 radical (unpaired) electrons. The van der Waals surface area contributed by atoms with Crippen molar-refractivity contribution in [3.8, 4) is 0 Å². The van der Waals surface area contributed by atoms with Gasteiger partial charge in [0.15, 0.2) is 5.96 Å². The van der Waals surface area contributed by atoms with Crippen LogP contribution in [0.4, 0.5) is 5.69 Å². The van der Waals surface area contributed by atoms with Gasteiger partial charge in [0.25, 0.3) is 0 Å². The fourth-order valence-corrected chi connectivity index (χ4v) is 3.91. The first-order valence-electron chi connectivity index (χ1n) is 10.4. The number of halogens is 1. The van der Waals surface area contributed by atoms with Crippen LogP contribution >= 0.6 is 24.0 Å². The molecule has 7 heteroatoms. The number of hydrogen-bond donors (Lipinski definition) is 2. The summed E-state index contributed by atoms with van der Waals surface area (Å²) in [6.45, 7) is 7.20. The molecule has 1 atom stereocenters. The highest BCUT2D eigenvalue weighted by Gasteiger charge is 2.14. The standard InChI is InChI=1S/C23H30N6.HI/c1-17-8-6-11-22-27-20(16-29(17)22)15-25-23(24-3)26-18(2)19-9-7-10-21(14-19)28-12-4-5-13-28;/h6-11,14,16,18H,4-5,12-13,15H2,1-3H3,(H2,24,25,26);1H. The Bertz CT molecular complexity index is 1010. The molecule has 4 rings (SSSR count). The largest absolute Gasteiger partial charge is 0.372 e. The van der Waals surface area contributed by atoms with E-state index >= 15 is 0 Å². The van der Waals surface area contributed by atoms with Crippen LogP contribution in [0, 0.1) is 6.92 Å². The van der Waals surface area contributed by atoms with Crippen LogP contribution in [-0.2, 0) is 6.54 Å². The molecule has 0 aliphatic carbocycles. The summed E-state index contributed by atoms with van der Waals surface area (Å²) in [5, 5.41) is 6.89. The minimum Gasteiger partial charge on any atom is -0.372 e. The van der Waals surface area contributed by atoms with Gasteiger partial charge in [-0.15, -0.1) is 24.0 Å². The fourth-order valence-electron chi connectivity index (χ4n) is 3.91. The number of rotatable bonds is 5. The molecular formula is C23H31IN6. The van der Waals surface area contributed by atoms with E-state index in [9.17, 15) is 0 Å². The molecule has 1 unspecified atom stereocenters. The molecule has 1 fully saturated rings. The molecule has 30 heavy (non-hydrogen) atoms. The van der Waals surface area contributed by atoms with Crippen LogP contribution in [0.1, 0.15) is 42.8 Å². The van der Waals surface area contributed by atoms with Gasteiger partial charge in [-0.3, -0.25) is 4.99 Å². The number of anilines is 1. The Morgan fingerprint density at radius 3 is 2.67 bits per heavy atom. The van der Waals surface area contributed by atoms with E-state index in [4.69, 9.17) is 0 Å². The molecule has 0 saturated carbocycles. The van der Waals surface area contributed by atoms with Gasteiger partial charge in [-0.2, -0.15) is 0 Å². The van der Waals surface area contributed by atoms with Gasteiger partial charge in [-0.1, -0.05) is 18.2 Å². The fraction of sp³-hybridized carbons (Fsp3) is 0.391. The zero-order valence-corrected chi connectivity index (χ0v) is 20.3. The molecule has 1 aliphatic rings. The Kier molecular flexibility index (Phi) is 7.58. The molecule has 3 heterocycles. The van der Waals surface area contributed by atoms with E-state index in [2.05, 4.69) is 80.3 Å². The van der Waals surface area contributed by atoms with Crippen LogP contribution in [0.25, 0.3) is 5.65 Å². The molecule has 3 aromatic rings. The number of guanidine groups is 1. The average Bonchev–Trinajstić information content (AvgIpc) is 3.41. The number of nitrogens with zero attached hydrogens (tertiary/aromatic N) is 4. The molecule has 0 bridgehead atoms. The minimum atomic E-state index is 0. The molecular weight excluding hydrogens is 487 g/mol. The number of aromatic nitrogens is 2. The monoisotopic (exact) mass is 518 g/mol. The molecule has 160 valence electrons. The first kappa shape index (κ1) is 22.4. The zero-order valence-electron chi connectivity index (χ0n) is 17.9. The number of aliphatic imine (C=N–C) groups is 1. The van der Waals surface area contributed by atoms with Gasteiger partial charge in [0.1, 0.15) is 5.65 Å². The van der Waals surface area contributed by atoms with Crippen LogP contribution in [-0.4, -0.2) is 35.5 Å². The van der Waals surface area contributed by atoms with Crippen LogP contribution in [0.3, 0.4) is 0 Å². The Labute approximate surface area is 195 Å². The number of pyridine rings is 1. The first-order chi connectivity index (χ1) is 14.1. The third-order valence-electron chi connectivity index (χ3n) is 5.60. The van der Waals surface area contributed by atoms with Crippen molar-refractivity contribution in [3.63, 3.8) is 0 Å². The van der Waals surface area contributed by atoms with E-state index in [0.717, 1.165) is 30.4 Å². The molecule has 2 N–H and O–H groups in total. The van der Waals surface area contributed by atoms with Gasteiger partial charge >= 0.3 is 0 Å². The van der Waals surface area contributed by atoms with Crippen LogP contribution in [0.15, 0.2) is 53.7 Å². The second kappa shape index (κ2) is 10.1. The number of aryl methyl sites for hydroxylation is 1. The molecule has 6 nitrogen and oxygen atoms in total. The number of hydrogen-bond acceptors (Lipinski definition) is 3. The Morgan fingerprint density at radius 2 is 1.93 bits per heavy atom. The maximum Gasteiger partial charge on any atom is 0.191 e. The van der Waals surface area contributed by atoms with Crippen molar-refractivity contribution in [2.75, 3.05) is 25.0 Å². The third kappa shape index (κ3) is 5.06. The quantitative estimate of drug-likeness (QED) is 0.301. The SMILES string of the molecule is CN=C(NCc1cn2c(C)cccc2n1)NC(C)c1cccc(N2CCCC2)c1.I. The van der Waals surface area contributed by atoms with Crippen molar-refractivity contribution in [3.05, 3.63) is 65.6 Å². The van der Waals surface area contributed by atoms with Crippen LogP contribution in [0.2, 0.25) is 0 Å². The number of fused-ring (bicyclic) bond motifs is 1. The molecule has 1 aromatic carbocycles. The topological polar surface area (TPSA) is 57.0 Å². The maximum atomic E-state index is 4.68. The molecule has 0 amide bonds. The normalized spacial score (nSPS) is 15.2. The summed E-state index contributed by atoms with van der Waals surface area (Å²) in [5.41, 5.74) is 5.72. The van der Waals surface area contributed by atoms with E-state index in [0.29, 0.717) is 6.54 Å². The van der Waals surface area contributed by atoms with Crippen molar-refractivity contribution >= 4 is 41.3 Å². The molecule has 1 aliphatic heterocycles. The molecule has 2 aromatic heterocycles. The number of benzene rings is 1. The highest BCUT2D eigenvalue weighted by atomic mass is 127. The van der Waals surface area contributed by atoms with E-state index < -0.39 is 0 Å². The van der Waals surface area contributed by atoms with E-state index in [1.807, 2.05) is 12.1 Å². The van der Waals surface area contributed by atoms with Gasteiger partial charge in [0, 0.05) is 37.7 Å². The van der Waals surface area contributed by atoms with Crippen molar-refractivity contribution < 1.29 is 0 Å². The van der Waals surface area contributed by atoms with Gasteiger partial charge in [-0.25, -0.2) is 4.98 Å². The lowest BCUT2D eigenvalue weighted by atomic mass is 10.1. The van der Waals surface area contributed by atoms with Gasteiger partial charge < -0.3 is 19.9 Å². The lowest BCUT2D eigenvalue weighted by Gasteiger charge is -2.22. The highest BCUT2D eigenvalue weighted by Crippen LogP contribution is 2.24. The number of nitrogens with one attached hydrogen (secondary N) is 2. The third-order valence-corrected chi connectivity index (χ3v) is 5.60. The smallest absolute Gasteiger partial charge is 0.191 e. The zero-order chi connectivity index (χ0) is 20.2. The Morgan fingerprint density at radius 1 is 1.17 bits per heavy atom. The summed E-state index contributed by atoms with van der Waals surface area (Å²) in [4.78, 5) is 11.5. The van der Waals surface area contributed by atoms with E-state index in [-0.39, 0.29) is 30.0 Å². The van der Waals surface area contributed by atoms with Crippen molar-refractivity contribution in [2.45, 2.75) is 39.3 Å². The number of imidazole rings is 1. The summed E-state index contributed by atoms with van der Waals surface area (Å²) in [6, 6.07) is 15.1. The summed E-state index contributed by atoms with van der Waals surface area (Å²) in [6.07, 6.45) is 4.66. The van der Waals surface area contributed by atoms with E-state index in [1.165, 1.54) is 29.8 Å². The summed E-state index contributed by atoms with van der Waals surface area (Å²) in [5.74, 6) is 0.776. The summed E-state index contributed by atoms with van der Waals surface area (Å²) < 4.78 is 2.11. The maximum absolute atomic E-state index is 4.68. The highest BCUT2D eigenvalue weighted by molar-refractivity contribution is 14.0. The second-order valence-corrected chi connectivity index (χ2v) is 7.71. The minimum absolute atomic E-state index is 0. The first-order valence-corrected chi connectivity index (χ1v) is 10.4. The van der Waals surface area contributed by atoms with Gasteiger partial charge in [0.2, 0.25) is 0 Å². The van der Waals surface area contributed by atoms with Crippen molar-refractivity contribution in [2.24, 2.45) is 4.99 Å². The molecule has 0 spiro atoms. The Hall–Kier alpha value is -2.29. The summed E-state index contributed by atoms with van der Waals surface area (Å²) in [7, 11) is 1.80. The van der Waals surface area contributed by atoms with E-state index in [1.54, 1.807) is 7.05 Å². The van der Waals surface area contributed by atoms with Gasteiger partial charge in [0.05, 0.1) is 18.3 Å².